The van der Waals surface area contributed by atoms with Gasteiger partial charge in [-0.05, 0) is 37.0 Å². The van der Waals surface area contributed by atoms with Crippen molar-refractivity contribution in [1.82, 2.24) is 10.2 Å². The van der Waals surface area contributed by atoms with Gasteiger partial charge in [0.05, 0.1) is 10.7 Å². The third kappa shape index (κ3) is 3.46. The molecule has 2 aliphatic rings. The molecule has 0 saturated carbocycles. The van der Waals surface area contributed by atoms with Crippen LogP contribution in [-0.4, -0.2) is 44.2 Å². The second kappa shape index (κ2) is 6.79. The normalized spacial score (nSPS) is 21.1. The van der Waals surface area contributed by atoms with Gasteiger partial charge in [-0.25, -0.2) is 0 Å². The van der Waals surface area contributed by atoms with Crippen molar-refractivity contribution in [1.29, 1.82) is 0 Å². The number of piperazine rings is 1. The van der Waals surface area contributed by atoms with E-state index in [9.17, 15) is 0 Å². The Morgan fingerprint density at radius 1 is 1.00 bits per heavy atom. The van der Waals surface area contributed by atoms with Crippen molar-refractivity contribution in [2.24, 2.45) is 0 Å². The Labute approximate surface area is 126 Å². The third-order valence-electron chi connectivity index (χ3n) is 4.32. The minimum absolute atomic E-state index is 0.916. The Kier molecular flexibility index (Phi) is 4.81. The maximum atomic E-state index is 6.51. The number of hydrogen-bond donors (Lipinski definition) is 1. The molecule has 1 aromatic carbocycles. The molecule has 3 rings (SSSR count). The monoisotopic (exact) mass is 293 g/mol. The molecule has 0 bridgehead atoms. The van der Waals surface area contributed by atoms with Crippen LogP contribution in [0.5, 0.6) is 0 Å². The van der Waals surface area contributed by atoms with Gasteiger partial charge in [0.15, 0.2) is 0 Å². The predicted octanol–water partition coefficient (Wildman–Crippen LogP) is 2.74. The fraction of sp³-hybridized carbons (Fsp3) is 0.625. The van der Waals surface area contributed by atoms with Gasteiger partial charge in [0.25, 0.3) is 0 Å². The number of piperidine rings is 1. The van der Waals surface area contributed by atoms with Gasteiger partial charge in [0, 0.05) is 45.8 Å². The average molecular weight is 294 g/mol. The average Bonchev–Trinajstić information content (AvgIpc) is 2.49. The summed E-state index contributed by atoms with van der Waals surface area (Å²) in [5, 5.41) is 4.31. The van der Waals surface area contributed by atoms with Gasteiger partial charge in [-0.3, -0.25) is 4.90 Å². The Hall–Kier alpha value is -0.770. The lowest BCUT2D eigenvalue weighted by Crippen LogP contribution is -2.42. The van der Waals surface area contributed by atoms with E-state index in [1.807, 2.05) is 0 Å². The van der Waals surface area contributed by atoms with Crippen molar-refractivity contribution >= 4 is 17.3 Å². The van der Waals surface area contributed by atoms with E-state index in [0.29, 0.717) is 0 Å². The summed E-state index contributed by atoms with van der Waals surface area (Å²) in [4.78, 5) is 4.92. The zero-order valence-corrected chi connectivity index (χ0v) is 12.8. The van der Waals surface area contributed by atoms with Crippen LogP contribution >= 0.6 is 11.6 Å². The highest BCUT2D eigenvalue weighted by atomic mass is 35.5. The summed E-state index contributed by atoms with van der Waals surface area (Å²) in [5.41, 5.74) is 2.55. The molecule has 2 saturated heterocycles. The van der Waals surface area contributed by atoms with Crippen LogP contribution in [-0.2, 0) is 6.54 Å². The molecule has 0 spiro atoms. The standard InChI is InChI=1S/C16H24ClN3/c17-15-12-14(13-19-10-6-18-7-11-19)4-5-16(15)20-8-2-1-3-9-20/h4-5,12,18H,1-3,6-11,13H2. The molecule has 0 radical (unpaired) electrons. The van der Waals surface area contributed by atoms with Gasteiger partial charge in [0.1, 0.15) is 0 Å². The molecule has 2 heterocycles. The first kappa shape index (κ1) is 14.2. The van der Waals surface area contributed by atoms with E-state index in [1.165, 1.54) is 30.5 Å². The lowest BCUT2D eigenvalue weighted by Gasteiger charge is -2.30. The first-order valence-electron chi connectivity index (χ1n) is 7.79. The van der Waals surface area contributed by atoms with Crippen LogP contribution in [0.4, 0.5) is 5.69 Å². The molecule has 0 amide bonds. The predicted molar refractivity (Wildman–Crippen MR) is 85.7 cm³/mol. The smallest absolute Gasteiger partial charge is 0.0642 e. The van der Waals surface area contributed by atoms with E-state index in [0.717, 1.165) is 50.8 Å². The van der Waals surface area contributed by atoms with Crippen LogP contribution in [0.2, 0.25) is 5.02 Å². The van der Waals surface area contributed by atoms with Gasteiger partial charge in [-0.2, -0.15) is 0 Å². The second-order valence-corrected chi connectivity index (χ2v) is 6.27. The zero-order valence-electron chi connectivity index (χ0n) is 12.1. The molecule has 1 N–H and O–H groups in total. The summed E-state index contributed by atoms with van der Waals surface area (Å²) >= 11 is 6.51. The highest BCUT2D eigenvalue weighted by Gasteiger charge is 2.15. The quantitative estimate of drug-likeness (QED) is 0.924. The molecule has 1 aromatic rings. The number of nitrogens with one attached hydrogen (secondary N) is 1. The lowest BCUT2D eigenvalue weighted by molar-refractivity contribution is 0.233. The summed E-state index contributed by atoms with van der Waals surface area (Å²) in [6.45, 7) is 7.77. The fourth-order valence-electron chi connectivity index (χ4n) is 3.17. The number of halogens is 1. The van der Waals surface area contributed by atoms with E-state index in [1.54, 1.807) is 0 Å². The summed E-state index contributed by atoms with van der Waals surface area (Å²) in [5.74, 6) is 0. The Bertz CT molecular complexity index is 437. The fourth-order valence-corrected chi connectivity index (χ4v) is 3.49. The van der Waals surface area contributed by atoms with E-state index in [2.05, 4.69) is 33.3 Å². The van der Waals surface area contributed by atoms with Crippen molar-refractivity contribution < 1.29 is 0 Å². The van der Waals surface area contributed by atoms with Crippen LogP contribution in [0.3, 0.4) is 0 Å². The van der Waals surface area contributed by atoms with Crippen molar-refractivity contribution in [3.8, 4) is 0 Å². The minimum atomic E-state index is 0.916. The Morgan fingerprint density at radius 2 is 1.75 bits per heavy atom. The van der Waals surface area contributed by atoms with Crippen molar-refractivity contribution in [2.75, 3.05) is 44.2 Å². The van der Waals surface area contributed by atoms with Crippen LogP contribution in [0.1, 0.15) is 24.8 Å². The topological polar surface area (TPSA) is 18.5 Å². The van der Waals surface area contributed by atoms with E-state index in [-0.39, 0.29) is 0 Å². The van der Waals surface area contributed by atoms with Gasteiger partial charge in [0.2, 0.25) is 0 Å². The minimum Gasteiger partial charge on any atom is -0.370 e. The van der Waals surface area contributed by atoms with E-state index >= 15 is 0 Å². The molecule has 110 valence electrons. The lowest BCUT2D eigenvalue weighted by atomic mass is 10.1. The number of nitrogens with zero attached hydrogens (tertiary/aromatic N) is 2. The highest BCUT2D eigenvalue weighted by molar-refractivity contribution is 6.33. The van der Waals surface area contributed by atoms with Crippen molar-refractivity contribution in [2.45, 2.75) is 25.8 Å². The van der Waals surface area contributed by atoms with Crippen LogP contribution in [0, 0.1) is 0 Å². The summed E-state index contributed by atoms with van der Waals surface area (Å²) < 4.78 is 0. The summed E-state index contributed by atoms with van der Waals surface area (Å²) in [6, 6.07) is 6.62. The molecule has 3 nitrogen and oxygen atoms in total. The summed E-state index contributed by atoms with van der Waals surface area (Å²) in [7, 11) is 0. The Balaban J connectivity index is 1.66. The first-order chi connectivity index (χ1) is 9.83. The largest absolute Gasteiger partial charge is 0.370 e. The van der Waals surface area contributed by atoms with Gasteiger partial charge >= 0.3 is 0 Å². The molecular formula is C16H24ClN3. The number of anilines is 1. The number of benzene rings is 1. The maximum absolute atomic E-state index is 6.51. The molecular weight excluding hydrogens is 270 g/mol. The van der Waals surface area contributed by atoms with Crippen molar-refractivity contribution in [3.05, 3.63) is 28.8 Å². The molecule has 0 aliphatic carbocycles. The second-order valence-electron chi connectivity index (χ2n) is 5.86. The number of hydrogen-bond acceptors (Lipinski definition) is 3. The Morgan fingerprint density at radius 3 is 2.45 bits per heavy atom. The molecule has 0 aromatic heterocycles. The molecule has 20 heavy (non-hydrogen) atoms. The first-order valence-corrected chi connectivity index (χ1v) is 8.17. The maximum Gasteiger partial charge on any atom is 0.0642 e. The molecule has 2 aliphatic heterocycles. The SMILES string of the molecule is Clc1cc(CN2CCNCC2)ccc1N1CCCCC1. The van der Waals surface area contributed by atoms with Gasteiger partial charge in [-0.15, -0.1) is 0 Å². The van der Waals surface area contributed by atoms with Gasteiger partial charge < -0.3 is 10.2 Å². The zero-order chi connectivity index (χ0) is 13.8. The van der Waals surface area contributed by atoms with Crippen LogP contribution in [0.15, 0.2) is 18.2 Å². The number of rotatable bonds is 3. The highest BCUT2D eigenvalue weighted by Crippen LogP contribution is 2.29. The molecule has 0 atom stereocenters. The van der Waals surface area contributed by atoms with Crippen molar-refractivity contribution in [3.63, 3.8) is 0 Å². The van der Waals surface area contributed by atoms with Crippen LogP contribution < -0.4 is 10.2 Å². The molecule has 0 unspecified atom stereocenters. The molecule has 2 fully saturated rings. The van der Waals surface area contributed by atoms with E-state index in [4.69, 9.17) is 11.6 Å². The van der Waals surface area contributed by atoms with Gasteiger partial charge in [-0.1, -0.05) is 17.7 Å². The third-order valence-corrected chi connectivity index (χ3v) is 4.63. The van der Waals surface area contributed by atoms with Crippen LogP contribution in [0.25, 0.3) is 0 Å². The molecule has 4 heteroatoms. The summed E-state index contributed by atoms with van der Waals surface area (Å²) in [6.07, 6.45) is 3.94. The van der Waals surface area contributed by atoms with E-state index < -0.39 is 0 Å².